The number of nitrogens with zero attached hydrogens (tertiary/aromatic N) is 1. The minimum absolute atomic E-state index is 0.000874. The molecule has 1 saturated heterocycles. The number of benzene rings is 1. The number of carbonyl (C=O) groups excluding carboxylic acids is 1. The molecule has 4 nitrogen and oxygen atoms in total. The molecule has 2 rings (SSSR count). The Morgan fingerprint density at radius 3 is 2.94 bits per heavy atom. The van der Waals surface area contributed by atoms with Gasteiger partial charge in [0.05, 0.1) is 6.10 Å². The molecular formula is C13H16FNO3. The average molecular weight is 253 g/mol. The van der Waals surface area contributed by atoms with Crippen LogP contribution in [-0.4, -0.2) is 41.8 Å². The first-order valence-corrected chi connectivity index (χ1v) is 5.94. The summed E-state index contributed by atoms with van der Waals surface area (Å²) < 4.78 is 18.8. The van der Waals surface area contributed by atoms with E-state index in [1.54, 1.807) is 23.1 Å². The summed E-state index contributed by atoms with van der Waals surface area (Å²) in [5.41, 5.74) is 0.496. The second-order valence-corrected chi connectivity index (χ2v) is 4.31. The predicted molar refractivity (Wildman–Crippen MR) is 63.3 cm³/mol. The van der Waals surface area contributed by atoms with Crippen molar-refractivity contribution in [3.8, 4) is 0 Å². The smallest absolute Gasteiger partial charge is 0.248 e. The van der Waals surface area contributed by atoms with E-state index in [9.17, 15) is 9.18 Å². The molecular weight excluding hydrogens is 237 g/mol. The van der Waals surface area contributed by atoms with Gasteiger partial charge in [-0.05, 0) is 12.5 Å². The summed E-state index contributed by atoms with van der Waals surface area (Å²) in [7, 11) is 0. The Bertz CT molecular complexity index is 424. The molecule has 1 unspecified atom stereocenters. The molecule has 0 radical (unpaired) electrons. The molecule has 98 valence electrons. The summed E-state index contributed by atoms with van der Waals surface area (Å²) >= 11 is 0. The number of hydrogen-bond acceptors (Lipinski definition) is 3. The highest BCUT2D eigenvalue weighted by Gasteiger charge is 2.26. The minimum Gasteiger partial charge on any atom is -0.396 e. The third-order valence-corrected chi connectivity index (χ3v) is 2.99. The molecule has 0 aromatic heterocycles. The van der Waals surface area contributed by atoms with Gasteiger partial charge in [0.25, 0.3) is 0 Å². The topological polar surface area (TPSA) is 49.8 Å². The van der Waals surface area contributed by atoms with Crippen LogP contribution in [0, 0.1) is 5.82 Å². The first-order valence-electron chi connectivity index (χ1n) is 5.94. The Morgan fingerprint density at radius 1 is 1.44 bits per heavy atom. The molecule has 1 aliphatic rings. The normalized spacial score (nSPS) is 20.2. The Hall–Kier alpha value is -1.46. The van der Waals surface area contributed by atoms with Crippen LogP contribution in [0.4, 0.5) is 4.39 Å². The van der Waals surface area contributed by atoms with Crippen LogP contribution in [0.1, 0.15) is 12.0 Å². The molecule has 1 atom stereocenters. The van der Waals surface area contributed by atoms with Crippen LogP contribution < -0.4 is 0 Å². The quantitative estimate of drug-likeness (QED) is 0.868. The highest BCUT2D eigenvalue weighted by molar-refractivity contribution is 5.78. The van der Waals surface area contributed by atoms with E-state index in [0.29, 0.717) is 18.5 Å². The molecule has 18 heavy (non-hydrogen) atoms. The van der Waals surface area contributed by atoms with Crippen LogP contribution in [0.5, 0.6) is 0 Å². The van der Waals surface area contributed by atoms with Crippen molar-refractivity contribution in [1.29, 1.82) is 0 Å². The van der Waals surface area contributed by atoms with E-state index < -0.39 is 0 Å². The van der Waals surface area contributed by atoms with E-state index >= 15 is 0 Å². The van der Waals surface area contributed by atoms with Crippen LogP contribution in [0.2, 0.25) is 0 Å². The number of rotatable bonds is 4. The van der Waals surface area contributed by atoms with Gasteiger partial charge in [-0.3, -0.25) is 4.79 Å². The fraction of sp³-hybridized carbons (Fsp3) is 0.462. The van der Waals surface area contributed by atoms with Crippen molar-refractivity contribution in [3.05, 3.63) is 35.6 Å². The van der Waals surface area contributed by atoms with Crippen molar-refractivity contribution in [3.63, 3.8) is 0 Å². The van der Waals surface area contributed by atoms with E-state index in [-0.39, 0.29) is 37.6 Å². The van der Waals surface area contributed by atoms with Gasteiger partial charge in [-0.1, -0.05) is 18.2 Å². The van der Waals surface area contributed by atoms with E-state index in [0.717, 1.165) is 0 Å². The number of morpholine rings is 1. The summed E-state index contributed by atoms with van der Waals surface area (Å²) in [4.78, 5) is 13.2. The zero-order valence-electron chi connectivity index (χ0n) is 10.0. The maximum Gasteiger partial charge on any atom is 0.248 e. The highest BCUT2D eigenvalue weighted by Crippen LogP contribution is 2.15. The predicted octanol–water partition coefficient (Wildman–Crippen LogP) is 0.935. The Balaban J connectivity index is 2.03. The van der Waals surface area contributed by atoms with E-state index in [1.807, 2.05) is 0 Å². The van der Waals surface area contributed by atoms with Gasteiger partial charge in [-0.2, -0.15) is 0 Å². The Labute approximate surface area is 105 Å². The molecule has 1 fully saturated rings. The largest absolute Gasteiger partial charge is 0.396 e. The van der Waals surface area contributed by atoms with Crippen LogP contribution in [0.25, 0.3) is 0 Å². The molecule has 1 heterocycles. The van der Waals surface area contributed by atoms with Crippen molar-refractivity contribution in [2.24, 2.45) is 0 Å². The van der Waals surface area contributed by atoms with Crippen molar-refractivity contribution >= 4 is 5.91 Å². The monoisotopic (exact) mass is 253 g/mol. The van der Waals surface area contributed by atoms with E-state index in [2.05, 4.69) is 0 Å². The lowest BCUT2D eigenvalue weighted by molar-refractivity contribution is -0.150. The fourth-order valence-corrected chi connectivity index (χ4v) is 1.98. The second kappa shape index (κ2) is 5.93. The summed E-state index contributed by atoms with van der Waals surface area (Å²) in [5.74, 6) is -0.456. The lowest BCUT2D eigenvalue weighted by Gasteiger charge is -2.32. The highest BCUT2D eigenvalue weighted by atomic mass is 19.1. The SMILES string of the molecule is O=C1COC(CCO)CN1Cc1ccccc1F. The van der Waals surface area contributed by atoms with Crippen LogP contribution in [-0.2, 0) is 16.1 Å². The molecule has 5 heteroatoms. The molecule has 1 N–H and O–H groups in total. The molecule has 1 amide bonds. The fourth-order valence-electron chi connectivity index (χ4n) is 1.98. The van der Waals surface area contributed by atoms with Crippen molar-refractivity contribution in [2.75, 3.05) is 19.8 Å². The lowest BCUT2D eigenvalue weighted by atomic mass is 10.1. The molecule has 1 aromatic carbocycles. The van der Waals surface area contributed by atoms with Crippen LogP contribution in [0.15, 0.2) is 24.3 Å². The number of halogens is 1. The molecule has 0 saturated carbocycles. The number of aliphatic hydroxyl groups excluding tert-OH is 1. The van der Waals surface area contributed by atoms with Gasteiger partial charge in [-0.25, -0.2) is 4.39 Å². The summed E-state index contributed by atoms with van der Waals surface area (Å²) in [6.45, 7) is 0.663. The van der Waals surface area contributed by atoms with Crippen LogP contribution in [0.3, 0.4) is 0 Å². The molecule has 0 bridgehead atoms. The number of carbonyl (C=O) groups is 1. The van der Waals surface area contributed by atoms with Gasteiger partial charge >= 0.3 is 0 Å². The number of hydrogen-bond donors (Lipinski definition) is 1. The zero-order chi connectivity index (χ0) is 13.0. The van der Waals surface area contributed by atoms with Crippen LogP contribution >= 0.6 is 0 Å². The molecule has 1 aromatic rings. The summed E-state index contributed by atoms with van der Waals surface area (Å²) in [6.07, 6.45) is 0.320. The van der Waals surface area contributed by atoms with Gasteiger partial charge in [0.2, 0.25) is 5.91 Å². The summed E-state index contributed by atoms with van der Waals surface area (Å²) in [5, 5.41) is 8.86. The van der Waals surface area contributed by atoms with Gasteiger partial charge in [-0.15, -0.1) is 0 Å². The summed E-state index contributed by atoms with van der Waals surface area (Å²) in [6, 6.07) is 6.41. The molecule has 1 aliphatic heterocycles. The minimum atomic E-state index is -0.310. The van der Waals surface area contributed by atoms with Gasteiger partial charge in [0.1, 0.15) is 12.4 Å². The lowest BCUT2D eigenvalue weighted by Crippen LogP contribution is -2.46. The van der Waals surface area contributed by atoms with E-state index in [4.69, 9.17) is 9.84 Å². The first-order chi connectivity index (χ1) is 8.70. The molecule has 0 spiro atoms. The number of ether oxygens (including phenoxy) is 1. The second-order valence-electron chi connectivity index (χ2n) is 4.31. The third kappa shape index (κ3) is 3.05. The van der Waals surface area contributed by atoms with E-state index in [1.165, 1.54) is 6.07 Å². The van der Waals surface area contributed by atoms with Crippen molar-refractivity contribution < 1.29 is 19.0 Å². The number of aliphatic hydroxyl groups is 1. The average Bonchev–Trinajstić information content (AvgIpc) is 2.36. The van der Waals surface area contributed by atoms with Crippen molar-refractivity contribution in [2.45, 2.75) is 19.1 Å². The standard InChI is InChI=1S/C13H16FNO3/c14-12-4-2-1-3-10(12)7-15-8-11(5-6-16)18-9-13(15)17/h1-4,11,16H,5-9H2. The van der Waals surface area contributed by atoms with Crippen molar-refractivity contribution in [1.82, 2.24) is 4.90 Å². The number of amides is 1. The Kier molecular flexibility index (Phi) is 4.28. The maximum absolute atomic E-state index is 13.5. The zero-order valence-corrected chi connectivity index (χ0v) is 10.0. The Morgan fingerprint density at radius 2 is 2.22 bits per heavy atom. The van der Waals surface area contributed by atoms with Gasteiger partial charge in [0, 0.05) is 25.3 Å². The molecule has 0 aliphatic carbocycles. The first kappa shape index (κ1) is 13.0. The maximum atomic E-state index is 13.5. The third-order valence-electron chi connectivity index (χ3n) is 2.99. The van der Waals surface area contributed by atoms with Gasteiger partial charge < -0.3 is 14.7 Å². The van der Waals surface area contributed by atoms with Gasteiger partial charge in [0.15, 0.2) is 0 Å².